The number of ketones is 1. The molecule has 126 valence electrons. The number of allylic oxidation sites excluding steroid dienone is 1. The van der Waals surface area contributed by atoms with Gasteiger partial charge in [-0.05, 0) is 73.5 Å². The third-order valence-corrected chi connectivity index (χ3v) is 8.74. The van der Waals surface area contributed by atoms with Gasteiger partial charge in [0.2, 0.25) is 0 Å². The zero-order valence-corrected chi connectivity index (χ0v) is 14.0. The van der Waals surface area contributed by atoms with Crippen LogP contribution in [0.25, 0.3) is 0 Å². The number of aliphatic hydroxyl groups is 2. The molecule has 3 heteroatoms. The number of carbonyl (C=O) groups is 1. The molecule has 0 heterocycles. The first-order chi connectivity index (χ1) is 11.0. The molecule has 0 spiro atoms. The van der Waals surface area contributed by atoms with E-state index in [1.54, 1.807) is 0 Å². The molecule has 2 bridgehead atoms. The Balaban J connectivity index is 1.57. The van der Waals surface area contributed by atoms with Crippen LogP contribution in [0.1, 0.15) is 58.3 Å². The van der Waals surface area contributed by atoms with Crippen LogP contribution in [0.15, 0.2) is 11.6 Å². The molecule has 5 aliphatic rings. The van der Waals surface area contributed by atoms with Crippen LogP contribution in [-0.2, 0) is 4.79 Å². The minimum Gasteiger partial charge on any atom is -0.393 e. The Kier molecular flexibility index (Phi) is 2.86. The van der Waals surface area contributed by atoms with Gasteiger partial charge in [0.1, 0.15) is 5.78 Å². The van der Waals surface area contributed by atoms with Crippen LogP contribution in [-0.4, -0.2) is 28.2 Å². The number of aliphatic hydroxyl groups excluding tert-OH is 2. The Bertz CT molecular complexity index is 596. The Labute approximate surface area is 138 Å². The van der Waals surface area contributed by atoms with E-state index in [2.05, 4.69) is 13.0 Å². The van der Waals surface area contributed by atoms with Crippen molar-refractivity contribution in [3.63, 3.8) is 0 Å². The standard InChI is InChI=1S/C20H28O3/c1-19-8-6-13-11(12(19)4-5-17(19)23)2-3-14-18-15(21)7-9-20(13,14)10-16(18)22/h3,11-13,16-18,22-23H,2,4-10H2,1H3/t11-,12-,13-,16+,17-,18+,19-,20-/m0/s1. The van der Waals surface area contributed by atoms with Crippen molar-refractivity contribution in [1.29, 1.82) is 0 Å². The maximum absolute atomic E-state index is 12.3. The van der Waals surface area contributed by atoms with Crippen LogP contribution in [0, 0.1) is 34.5 Å². The molecule has 0 aliphatic heterocycles. The van der Waals surface area contributed by atoms with Crippen LogP contribution < -0.4 is 0 Å². The number of carbonyl (C=O) groups excluding carboxylic acids is 1. The van der Waals surface area contributed by atoms with Crippen LogP contribution in [0.4, 0.5) is 0 Å². The van der Waals surface area contributed by atoms with Crippen molar-refractivity contribution in [2.75, 3.05) is 0 Å². The minimum absolute atomic E-state index is 0.101. The molecule has 3 nitrogen and oxygen atoms in total. The molecule has 0 saturated heterocycles. The van der Waals surface area contributed by atoms with Gasteiger partial charge in [0.25, 0.3) is 0 Å². The summed E-state index contributed by atoms with van der Waals surface area (Å²) in [5.41, 5.74) is 1.52. The fourth-order valence-corrected chi connectivity index (χ4v) is 7.68. The van der Waals surface area contributed by atoms with Crippen LogP contribution in [0.2, 0.25) is 0 Å². The highest BCUT2D eigenvalue weighted by Crippen LogP contribution is 2.69. The van der Waals surface area contributed by atoms with Gasteiger partial charge < -0.3 is 10.2 Å². The largest absolute Gasteiger partial charge is 0.393 e. The summed E-state index contributed by atoms with van der Waals surface area (Å²) in [6.45, 7) is 2.30. The molecule has 0 aromatic rings. The maximum Gasteiger partial charge on any atom is 0.142 e. The van der Waals surface area contributed by atoms with E-state index in [9.17, 15) is 15.0 Å². The van der Waals surface area contributed by atoms with E-state index in [0.717, 1.165) is 38.5 Å². The van der Waals surface area contributed by atoms with Crippen molar-refractivity contribution in [1.82, 2.24) is 0 Å². The monoisotopic (exact) mass is 316 g/mol. The van der Waals surface area contributed by atoms with Gasteiger partial charge in [0.15, 0.2) is 0 Å². The molecule has 2 N–H and O–H groups in total. The topological polar surface area (TPSA) is 57.5 Å². The summed E-state index contributed by atoms with van der Waals surface area (Å²) >= 11 is 0. The normalized spacial score (nSPS) is 57.5. The zero-order valence-electron chi connectivity index (χ0n) is 14.0. The van der Waals surface area contributed by atoms with Crippen molar-refractivity contribution < 1.29 is 15.0 Å². The van der Waals surface area contributed by atoms with Gasteiger partial charge in [-0.2, -0.15) is 0 Å². The first kappa shape index (κ1) is 14.7. The van der Waals surface area contributed by atoms with Crippen LogP contribution in [0.5, 0.6) is 0 Å². The molecular formula is C20H28O3. The second-order valence-electron chi connectivity index (χ2n) is 9.28. The van der Waals surface area contributed by atoms with Gasteiger partial charge in [-0.25, -0.2) is 0 Å². The van der Waals surface area contributed by atoms with Crippen molar-refractivity contribution in [3.8, 4) is 0 Å². The average molecular weight is 316 g/mol. The molecule has 0 amide bonds. The highest BCUT2D eigenvalue weighted by atomic mass is 16.3. The SMILES string of the molecule is C[C@]12CC[C@H]3[C@@H](CC=C4[C@@H]5C(=O)CC[C@@]43C[C@H]5O)[C@@H]1CC[C@@H]2O. The predicted molar refractivity (Wildman–Crippen MR) is 86.5 cm³/mol. The molecule has 5 aliphatic carbocycles. The van der Waals surface area contributed by atoms with E-state index in [1.165, 1.54) is 12.0 Å². The second-order valence-corrected chi connectivity index (χ2v) is 9.28. The van der Waals surface area contributed by atoms with Gasteiger partial charge in [0.05, 0.1) is 18.1 Å². The lowest BCUT2D eigenvalue weighted by molar-refractivity contribution is -0.126. The molecule has 8 atom stereocenters. The quantitative estimate of drug-likeness (QED) is 0.676. The van der Waals surface area contributed by atoms with E-state index < -0.39 is 6.10 Å². The first-order valence-electron chi connectivity index (χ1n) is 9.57. The van der Waals surface area contributed by atoms with Crippen molar-refractivity contribution in [2.24, 2.45) is 34.5 Å². The van der Waals surface area contributed by atoms with E-state index >= 15 is 0 Å². The van der Waals surface area contributed by atoms with Gasteiger partial charge in [-0.3, -0.25) is 4.79 Å². The number of rotatable bonds is 0. The molecule has 0 aromatic carbocycles. The lowest BCUT2D eigenvalue weighted by Gasteiger charge is -2.56. The molecule has 0 aromatic heterocycles. The van der Waals surface area contributed by atoms with Gasteiger partial charge in [0, 0.05) is 6.42 Å². The van der Waals surface area contributed by atoms with E-state index in [-0.39, 0.29) is 28.6 Å². The van der Waals surface area contributed by atoms with Crippen molar-refractivity contribution in [2.45, 2.75) is 70.5 Å². The predicted octanol–water partition coefficient (Wildman–Crippen LogP) is 2.85. The smallest absolute Gasteiger partial charge is 0.142 e. The van der Waals surface area contributed by atoms with E-state index in [0.29, 0.717) is 24.2 Å². The summed E-state index contributed by atoms with van der Waals surface area (Å²) in [4.78, 5) is 12.3. The van der Waals surface area contributed by atoms with Gasteiger partial charge in [-0.1, -0.05) is 18.6 Å². The first-order valence-corrected chi connectivity index (χ1v) is 9.57. The van der Waals surface area contributed by atoms with Gasteiger partial charge >= 0.3 is 0 Å². The summed E-state index contributed by atoms with van der Waals surface area (Å²) in [6, 6.07) is 0. The van der Waals surface area contributed by atoms with E-state index in [1.807, 2.05) is 0 Å². The number of Topliss-reactive ketones (excluding diaryl/α,β-unsaturated/α-hetero) is 1. The van der Waals surface area contributed by atoms with Gasteiger partial charge in [-0.15, -0.1) is 0 Å². The Morgan fingerprint density at radius 3 is 2.78 bits per heavy atom. The Morgan fingerprint density at radius 1 is 1.13 bits per heavy atom. The number of fused-ring (bicyclic) bond motifs is 3. The molecular weight excluding hydrogens is 288 g/mol. The Hall–Kier alpha value is -0.670. The molecule has 4 saturated carbocycles. The minimum atomic E-state index is -0.447. The summed E-state index contributed by atoms with van der Waals surface area (Å²) in [7, 11) is 0. The molecule has 0 unspecified atom stereocenters. The fourth-order valence-electron chi connectivity index (χ4n) is 7.68. The second kappa shape index (κ2) is 4.49. The molecule has 23 heavy (non-hydrogen) atoms. The summed E-state index contributed by atoms with van der Waals surface area (Å²) < 4.78 is 0. The molecule has 0 radical (unpaired) electrons. The third-order valence-electron chi connectivity index (χ3n) is 8.74. The average Bonchev–Trinajstić information content (AvgIpc) is 2.95. The maximum atomic E-state index is 12.3. The van der Waals surface area contributed by atoms with Crippen molar-refractivity contribution >= 4 is 5.78 Å². The Morgan fingerprint density at radius 2 is 1.96 bits per heavy atom. The summed E-state index contributed by atoms with van der Waals surface area (Å²) in [5, 5.41) is 21.1. The summed E-state index contributed by atoms with van der Waals surface area (Å²) in [5.74, 6) is 1.98. The summed E-state index contributed by atoms with van der Waals surface area (Å²) in [6.07, 6.45) is 9.64. The fraction of sp³-hybridized carbons (Fsp3) is 0.850. The van der Waals surface area contributed by atoms with E-state index in [4.69, 9.17) is 0 Å². The molecule has 5 rings (SSSR count). The lowest BCUT2D eigenvalue weighted by Crippen LogP contribution is -2.51. The third kappa shape index (κ3) is 1.61. The molecule has 4 fully saturated rings. The number of hydrogen-bond acceptors (Lipinski definition) is 3. The lowest BCUT2D eigenvalue weighted by atomic mass is 9.48. The highest BCUT2D eigenvalue weighted by molar-refractivity contribution is 5.87. The number of hydrogen-bond donors (Lipinski definition) is 2. The highest BCUT2D eigenvalue weighted by Gasteiger charge is 2.64. The zero-order chi connectivity index (χ0) is 16.0. The van der Waals surface area contributed by atoms with Crippen LogP contribution >= 0.6 is 0 Å². The van der Waals surface area contributed by atoms with Crippen LogP contribution in [0.3, 0.4) is 0 Å². The van der Waals surface area contributed by atoms with Crippen molar-refractivity contribution in [3.05, 3.63) is 11.6 Å².